The molecular formula is C17H17N5O4S. The maximum Gasteiger partial charge on any atom is 0.351 e. The van der Waals surface area contributed by atoms with Crippen molar-refractivity contribution >= 4 is 23.2 Å². The Labute approximate surface area is 158 Å². The van der Waals surface area contributed by atoms with Gasteiger partial charge in [0.05, 0.1) is 12.2 Å². The number of hydrogen-bond acceptors (Lipinski definition) is 8. The number of aromatic nitrogens is 4. The molecule has 2 aromatic heterocycles. The molecule has 3 aromatic rings. The van der Waals surface area contributed by atoms with Crippen LogP contribution in [0.15, 0.2) is 42.0 Å². The molecule has 3 rings (SSSR count). The Bertz CT molecular complexity index is 910. The number of esters is 1. The lowest BCUT2D eigenvalue weighted by molar-refractivity contribution is -0.124. The molecule has 0 aliphatic rings. The Kier molecular flexibility index (Phi) is 6.10. The molecule has 0 aliphatic heterocycles. The Morgan fingerprint density at radius 2 is 2.19 bits per heavy atom. The predicted molar refractivity (Wildman–Crippen MR) is 97.0 cm³/mol. The van der Waals surface area contributed by atoms with Crippen molar-refractivity contribution in [2.75, 3.05) is 19.8 Å². The second kappa shape index (κ2) is 8.90. The molecule has 1 N–H and O–H groups in total. The number of nitrogens with one attached hydrogen (secondary N) is 1. The lowest BCUT2D eigenvalue weighted by Gasteiger charge is -2.09. The molecule has 0 saturated heterocycles. The van der Waals surface area contributed by atoms with Crippen molar-refractivity contribution in [1.29, 1.82) is 0 Å². The van der Waals surface area contributed by atoms with Gasteiger partial charge in [0.1, 0.15) is 23.6 Å². The number of carbonyl (C=O) groups is 2. The smallest absolute Gasteiger partial charge is 0.351 e. The Hall–Kier alpha value is -3.27. The van der Waals surface area contributed by atoms with Crippen LogP contribution in [0.5, 0.6) is 5.75 Å². The topological polar surface area (TPSA) is 108 Å². The normalized spacial score (nSPS) is 10.4. The van der Waals surface area contributed by atoms with Crippen LogP contribution in [0.4, 0.5) is 0 Å². The number of thiophene rings is 1. The quantitative estimate of drug-likeness (QED) is 0.459. The van der Waals surface area contributed by atoms with Gasteiger partial charge in [0.15, 0.2) is 6.61 Å². The number of aryl methyl sites for hydroxylation is 1. The van der Waals surface area contributed by atoms with Gasteiger partial charge in [-0.2, -0.15) is 4.68 Å². The SMILES string of the molecule is Cc1cccc(OCCNC(=O)COC(=O)c2sccc2-n2cnnn2)c1. The minimum Gasteiger partial charge on any atom is -0.492 e. The molecule has 1 amide bonds. The van der Waals surface area contributed by atoms with Gasteiger partial charge in [-0.05, 0) is 46.5 Å². The number of nitrogens with zero attached hydrogens (tertiary/aromatic N) is 4. The standard InChI is InChI=1S/C17H17N5O4S/c1-12-3-2-4-13(9-12)25-7-6-18-15(23)10-26-17(24)16-14(5-8-27-16)22-11-19-20-21-22/h2-5,8-9,11H,6-7,10H2,1H3,(H,18,23). The molecule has 9 nitrogen and oxygen atoms in total. The molecule has 10 heteroatoms. The fourth-order valence-electron chi connectivity index (χ4n) is 2.22. The molecule has 0 unspecified atom stereocenters. The van der Waals surface area contributed by atoms with Crippen molar-refractivity contribution in [1.82, 2.24) is 25.5 Å². The van der Waals surface area contributed by atoms with Crippen LogP contribution in [0.2, 0.25) is 0 Å². The highest BCUT2D eigenvalue weighted by atomic mass is 32.1. The maximum absolute atomic E-state index is 12.2. The molecule has 140 valence electrons. The van der Waals surface area contributed by atoms with E-state index < -0.39 is 11.9 Å². The average Bonchev–Trinajstić information content (AvgIpc) is 3.34. The fraction of sp³-hybridized carbons (Fsp3) is 0.235. The number of amides is 1. The monoisotopic (exact) mass is 387 g/mol. The third-order valence-corrected chi connectivity index (χ3v) is 4.33. The molecule has 27 heavy (non-hydrogen) atoms. The van der Waals surface area contributed by atoms with Gasteiger partial charge in [-0.3, -0.25) is 4.79 Å². The summed E-state index contributed by atoms with van der Waals surface area (Å²) in [5, 5.41) is 15.2. The largest absolute Gasteiger partial charge is 0.492 e. The van der Waals surface area contributed by atoms with Crippen LogP contribution in [0.3, 0.4) is 0 Å². The van der Waals surface area contributed by atoms with E-state index in [0.717, 1.165) is 11.3 Å². The Morgan fingerprint density at radius 3 is 2.96 bits per heavy atom. The van der Waals surface area contributed by atoms with E-state index in [1.807, 2.05) is 31.2 Å². The summed E-state index contributed by atoms with van der Waals surface area (Å²) in [6.45, 7) is 2.22. The molecule has 0 radical (unpaired) electrons. The van der Waals surface area contributed by atoms with Gasteiger partial charge in [-0.1, -0.05) is 12.1 Å². The Balaban J connectivity index is 1.40. The van der Waals surface area contributed by atoms with Crippen LogP contribution in [0.1, 0.15) is 15.2 Å². The zero-order valence-electron chi connectivity index (χ0n) is 14.5. The number of hydrogen-bond donors (Lipinski definition) is 1. The lowest BCUT2D eigenvalue weighted by Crippen LogP contribution is -2.32. The minimum atomic E-state index is -0.610. The third kappa shape index (κ3) is 5.11. The molecule has 0 spiro atoms. The van der Waals surface area contributed by atoms with Crippen LogP contribution in [-0.2, 0) is 9.53 Å². The number of benzene rings is 1. The van der Waals surface area contributed by atoms with E-state index in [0.29, 0.717) is 23.7 Å². The first-order valence-corrected chi connectivity index (χ1v) is 8.95. The lowest BCUT2D eigenvalue weighted by atomic mass is 10.2. The van der Waals surface area contributed by atoms with E-state index in [-0.39, 0.29) is 6.61 Å². The summed E-state index contributed by atoms with van der Waals surface area (Å²) in [6.07, 6.45) is 1.37. The van der Waals surface area contributed by atoms with Crippen LogP contribution in [0, 0.1) is 6.92 Å². The van der Waals surface area contributed by atoms with Crippen molar-refractivity contribution in [3.05, 3.63) is 52.5 Å². The van der Waals surface area contributed by atoms with Crippen LogP contribution in [-0.4, -0.2) is 51.8 Å². The van der Waals surface area contributed by atoms with Crippen LogP contribution >= 0.6 is 11.3 Å². The molecule has 1 aromatic carbocycles. The molecule has 2 heterocycles. The van der Waals surface area contributed by atoms with Crippen LogP contribution in [0.25, 0.3) is 5.69 Å². The minimum absolute atomic E-state index is 0.305. The van der Waals surface area contributed by atoms with Crippen molar-refractivity contribution in [3.63, 3.8) is 0 Å². The van der Waals surface area contributed by atoms with E-state index in [1.165, 1.54) is 22.3 Å². The second-order valence-electron chi connectivity index (χ2n) is 5.48. The highest BCUT2D eigenvalue weighted by Gasteiger charge is 2.18. The highest BCUT2D eigenvalue weighted by Crippen LogP contribution is 2.20. The van der Waals surface area contributed by atoms with Crippen molar-refractivity contribution < 1.29 is 19.1 Å². The highest BCUT2D eigenvalue weighted by molar-refractivity contribution is 7.12. The van der Waals surface area contributed by atoms with Gasteiger partial charge in [-0.25, -0.2) is 4.79 Å². The van der Waals surface area contributed by atoms with Gasteiger partial charge >= 0.3 is 5.97 Å². The Morgan fingerprint density at radius 1 is 1.30 bits per heavy atom. The molecule has 0 bridgehead atoms. The molecule has 0 saturated carbocycles. The number of rotatable bonds is 8. The molecule has 0 aliphatic carbocycles. The first-order chi connectivity index (χ1) is 13.1. The van der Waals surface area contributed by atoms with E-state index in [1.54, 1.807) is 11.4 Å². The summed E-state index contributed by atoms with van der Waals surface area (Å²) < 4.78 is 11.9. The van der Waals surface area contributed by atoms with E-state index >= 15 is 0 Å². The maximum atomic E-state index is 12.2. The number of tetrazole rings is 1. The molecule has 0 atom stereocenters. The van der Waals surface area contributed by atoms with Gasteiger partial charge < -0.3 is 14.8 Å². The summed E-state index contributed by atoms with van der Waals surface area (Å²) in [5.41, 5.74) is 1.60. The van der Waals surface area contributed by atoms with E-state index in [2.05, 4.69) is 20.8 Å². The van der Waals surface area contributed by atoms with Gasteiger partial charge in [-0.15, -0.1) is 16.4 Å². The van der Waals surface area contributed by atoms with E-state index in [9.17, 15) is 9.59 Å². The zero-order chi connectivity index (χ0) is 19.1. The zero-order valence-corrected chi connectivity index (χ0v) is 15.3. The summed E-state index contributed by atoms with van der Waals surface area (Å²) in [6, 6.07) is 9.32. The van der Waals surface area contributed by atoms with E-state index in [4.69, 9.17) is 9.47 Å². The van der Waals surface area contributed by atoms with Gasteiger partial charge in [0.25, 0.3) is 5.91 Å². The second-order valence-corrected chi connectivity index (χ2v) is 6.40. The summed E-state index contributed by atoms with van der Waals surface area (Å²) in [7, 11) is 0. The van der Waals surface area contributed by atoms with Crippen molar-refractivity contribution in [2.45, 2.75) is 6.92 Å². The van der Waals surface area contributed by atoms with Crippen LogP contribution < -0.4 is 10.1 Å². The third-order valence-electron chi connectivity index (χ3n) is 3.44. The predicted octanol–water partition coefficient (Wildman–Crippen LogP) is 1.38. The summed E-state index contributed by atoms with van der Waals surface area (Å²) in [5.74, 6) is -0.276. The number of ether oxygens (including phenoxy) is 2. The first kappa shape index (κ1) is 18.5. The molecule has 0 fully saturated rings. The summed E-state index contributed by atoms with van der Waals surface area (Å²) in [4.78, 5) is 24.3. The van der Waals surface area contributed by atoms with Crippen molar-refractivity contribution in [3.8, 4) is 11.4 Å². The average molecular weight is 387 g/mol. The van der Waals surface area contributed by atoms with Gasteiger partial charge in [0, 0.05) is 0 Å². The molecular weight excluding hydrogens is 370 g/mol. The number of carbonyl (C=O) groups excluding carboxylic acids is 2. The fourth-order valence-corrected chi connectivity index (χ4v) is 2.99. The summed E-state index contributed by atoms with van der Waals surface area (Å²) >= 11 is 1.19. The first-order valence-electron chi connectivity index (χ1n) is 8.07. The van der Waals surface area contributed by atoms with Gasteiger partial charge in [0.2, 0.25) is 0 Å². The van der Waals surface area contributed by atoms with Crippen molar-refractivity contribution in [2.24, 2.45) is 0 Å².